The van der Waals surface area contributed by atoms with E-state index in [-0.39, 0.29) is 11.8 Å². The van der Waals surface area contributed by atoms with Gasteiger partial charge in [-0.1, -0.05) is 73.5 Å². The van der Waals surface area contributed by atoms with Gasteiger partial charge >= 0.3 is 0 Å². The Morgan fingerprint density at radius 3 is 2.15 bits per heavy atom. The maximum absolute atomic E-state index is 14.4. The van der Waals surface area contributed by atoms with Crippen LogP contribution in [0.4, 0.5) is 8.78 Å². The van der Waals surface area contributed by atoms with Crippen LogP contribution in [0.25, 0.3) is 0 Å². The van der Waals surface area contributed by atoms with E-state index in [1.54, 1.807) is 0 Å². The Labute approximate surface area is 173 Å². The molecule has 2 aromatic rings. The third-order valence-corrected chi connectivity index (χ3v) is 6.69. The summed E-state index contributed by atoms with van der Waals surface area (Å²) in [6, 6.07) is 11.3. The van der Waals surface area contributed by atoms with Crippen molar-refractivity contribution in [3.8, 4) is 0 Å². The monoisotopic (exact) mass is 456 g/mol. The molecular weight excluding hydrogens is 434 g/mol. The van der Waals surface area contributed by atoms with Crippen molar-refractivity contribution in [2.75, 3.05) is 5.33 Å². The highest BCUT2D eigenvalue weighted by Crippen LogP contribution is 2.47. The zero-order valence-corrected chi connectivity index (χ0v) is 18.1. The van der Waals surface area contributed by atoms with Gasteiger partial charge in [0, 0.05) is 22.5 Å². The van der Waals surface area contributed by atoms with Gasteiger partial charge in [-0.2, -0.15) is 0 Å². The van der Waals surface area contributed by atoms with E-state index in [1.165, 1.54) is 6.07 Å². The minimum atomic E-state index is -0.982. The number of halogens is 4. The molecule has 0 radical (unpaired) electrons. The molecule has 146 valence electrons. The molecule has 2 rings (SSSR count). The average molecular weight is 458 g/mol. The standard InChI is InChI=1S/C22H24BrClF2O/c1-4-14(2)22(3,21(27)20-18(25)6-5-7-19(20)26)17(12-23)16-10-8-15(13-24)9-11-16/h5-11,14,17H,4,12-13H2,1-3H3. The Morgan fingerprint density at radius 2 is 1.70 bits per heavy atom. The first kappa shape index (κ1) is 22.0. The quantitative estimate of drug-likeness (QED) is 0.305. The van der Waals surface area contributed by atoms with Gasteiger partial charge in [-0.3, -0.25) is 4.79 Å². The molecule has 0 amide bonds. The van der Waals surface area contributed by atoms with E-state index in [0.29, 0.717) is 17.6 Å². The highest BCUT2D eigenvalue weighted by Gasteiger charge is 2.46. The number of rotatable bonds is 8. The highest BCUT2D eigenvalue weighted by molar-refractivity contribution is 9.09. The van der Waals surface area contributed by atoms with Crippen LogP contribution in [0.3, 0.4) is 0 Å². The number of Topliss-reactive ketones (excluding diaryl/α,β-unsaturated/α-hetero) is 1. The lowest BCUT2D eigenvalue weighted by Crippen LogP contribution is -2.42. The molecule has 2 aromatic carbocycles. The van der Waals surface area contributed by atoms with Crippen molar-refractivity contribution in [1.82, 2.24) is 0 Å². The van der Waals surface area contributed by atoms with E-state index in [1.807, 2.05) is 45.0 Å². The number of hydrogen-bond donors (Lipinski definition) is 0. The Balaban J connectivity index is 2.61. The van der Waals surface area contributed by atoms with E-state index in [9.17, 15) is 13.6 Å². The van der Waals surface area contributed by atoms with Crippen LogP contribution >= 0.6 is 27.5 Å². The summed E-state index contributed by atoms with van der Waals surface area (Å²) >= 11 is 9.41. The summed E-state index contributed by atoms with van der Waals surface area (Å²) in [5.74, 6) is -2.07. The summed E-state index contributed by atoms with van der Waals surface area (Å²) in [6.45, 7) is 5.76. The average Bonchev–Trinajstić information content (AvgIpc) is 2.67. The van der Waals surface area contributed by atoms with E-state index in [2.05, 4.69) is 15.9 Å². The van der Waals surface area contributed by atoms with Crippen LogP contribution < -0.4 is 0 Å². The number of carbonyl (C=O) groups is 1. The third kappa shape index (κ3) is 4.27. The second kappa shape index (κ2) is 9.29. The summed E-state index contributed by atoms with van der Waals surface area (Å²) in [5, 5.41) is 0.496. The zero-order valence-electron chi connectivity index (χ0n) is 15.7. The van der Waals surface area contributed by atoms with Crippen LogP contribution in [-0.4, -0.2) is 11.1 Å². The maximum atomic E-state index is 14.4. The lowest BCUT2D eigenvalue weighted by atomic mass is 9.62. The lowest BCUT2D eigenvalue weighted by molar-refractivity contribution is 0.0653. The number of benzene rings is 2. The largest absolute Gasteiger partial charge is 0.293 e. The second-order valence-corrected chi connectivity index (χ2v) is 8.01. The van der Waals surface area contributed by atoms with Crippen LogP contribution in [0, 0.1) is 23.0 Å². The topological polar surface area (TPSA) is 17.1 Å². The molecule has 3 atom stereocenters. The number of ketones is 1. The van der Waals surface area contributed by atoms with E-state index >= 15 is 0 Å². The normalized spacial score (nSPS) is 15.8. The molecule has 0 bridgehead atoms. The molecule has 3 unspecified atom stereocenters. The van der Waals surface area contributed by atoms with Crippen molar-refractivity contribution in [3.05, 3.63) is 70.8 Å². The Bertz CT molecular complexity index is 773. The SMILES string of the molecule is CCC(C)C(C)(C(=O)c1c(F)cccc1F)C(CBr)c1ccc(CCl)cc1. The van der Waals surface area contributed by atoms with Crippen molar-refractivity contribution in [3.63, 3.8) is 0 Å². The fraction of sp³-hybridized carbons (Fsp3) is 0.409. The van der Waals surface area contributed by atoms with Crippen molar-refractivity contribution < 1.29 is 13.6 Å². The van der Waals surface area contributed by atoms with Gasteiger partial charge in [0.15, 0.2) is 5.78 Å². The molecule has 0 N–H and O–H groups in total. The predicted molar refractivity (Wildman–Crippen MR) is 111 cm³/mol. The van der Waals surface area contributed by atoms with Crippen LogP contribution in [0.2, 0.25) is 0 Å². The molecule has 0 saturated carbocycles. The van der Waals surface area contributed by atoms with Gasteiger partial charge in [-0.05, 0) is 29.2 Å². The molecule has 0 aliphatic heterocycles. The van der Waals surface area contributed by atoms with Gasteiger partial charge in [0.2, 0.25) is 0 Å². The minimum Gasteiger partial charge on any atom is -0.293 e. The fourth-order valence-electron chi connectivity index (χ4n) is 3.57. The predicted octanol–water partition coefficient (Wildman–Crippen LogP) is 7.12. The first-order chi connectivity index (χ1) is 12.8. The highest BCUT2D eigenvalue weighted by atomic mass is 79.9. The molecule has 27 heavy (non-hydrogen) atoms. The molecule has 0 saturated heterocycles. The summed E-state index contributed by atoms with van der Waals surface area (Å²) in [7, 11) is 0. The minimum absolute atomic E-state index is 0.0840. The Morgan fingerprint density at radius 1 is 1.15 bits per heavy atom. The van der Waals surface area contributed by atoms with Crippen molar-refractivity contribution in [1.29, 1.82) is 0 Å². The summed E-state index contributed by atoms with van der Waals surface area (Å²) < 4.78 is 28.8. The molecule has 0 aliphatic carbocycles. The molecule has 0 heterocycles. The van der Waals surface area contributed by atoms with Crippen molar-refractivity contribution in [2.24, 2.45) is 11.3 Å². The molecule has 0 fully saturated rings. The van der Waals surface area contributed by atoms with E-state index < -0.39 is 28.4 Å². The maximum Gasteiger partial charge on any atom is 0.175 e. The molecular formula is C22H24BrClF2O. The van der Waals surface area contributed by atoms with Gasteiger partial charge in [-0.15, -0.1) is 11.6 Å². The molecule has 0 aliphatic rings. The number of hydrogen-bond acceptors (Lipinski definition) is 1. The molecule has 0 spiro atoms. The summed E-state index contributed by atoms with van der Waals surface area (Å²) in [5.41, 5.74) is 0.478. The molecule has 1 nitrogen and oxygen atoms in total. The fourth-order valence-corrected chi connectivity index (χ4v) is 4.79. The van der Waals surface area contributed by atoms with Crippen molar-refractivity contribution >= 4 is 33.3 Å². The number of carbonyl (C=O) groups excluding carboxylic acids is 1. The zero-order chi connectivity index (χ0) is 20.2. The summed E-state index contributed by atoms with van der Waals surface area (Å²) in [4.78, 5) is 13.5. The Kier molecular flexibility index (Phi) is 7.58. The van der Waals surface area contributed by atoms with Crippen LogP contribution in [0.5, 0.6) is 0 Å². The van der Waals surface area contributed by atoms with Crippen LogP contribution in [0.1, 0.15) is 54.6 Å². The third-order valence-electron chi connectivity index (χ3n) is 5.73. The van der Waals surface area contributed by atoms with Gasteiger partial charge in [0.25, 0.3) is 0 Å². The smallest absolute Gasteiger partial charge is 0.175 e. The number of alkyl halides is 2. The van der Waals surface area contributed by atoms with Gasteiger partial charge in [0.1, 0.15) is 11.6 Å². The lowest BCUT2D eigenvalue weighted by Gasteiger charge is -2.41. The Hall–Kier alpha value is -1.26. The summed E-state index contributed by atoms with van der Waals surface area (Å²) in [6.07, 6.45) is 0.710. The van der Waals surface area contributed by atoms with Gasteiger partial charge in [0.05, 0.1) is 5.56 Å². The first-order valence-electron chi connectivity index (χ1n) is 9.00. The van der Waals surface area contributed by atoms with Crippen molar-refractivity contribution in [2.45, 2.75) is 39.0 Å². The van der Waals surface area contributed by atoms with Gasteiger partial charge in [-0.25, -0.2) is 8.78 Å². The van der Waals surface area contributed by atoms with Crippen LogP contribution in [0.15, 0.2) is 42.5 Å². The molecule has 5 heteroatoms. The second-order valence-electron chi connectivity index (χ2n) is 7.10. The van der Waals surface area contributed by atoms with E-state index in [4.69, 9.17) is 11.6 Å². The first-order valence-corrected chi connectivity index (χ1v) is 10.7. The van der Waals surface area contributed by atoms with E-state index in [0.717, 1.165) is 23.3 Å². The molecule has 0 aromatic heterocycles. The van der Waals surface area contributed by atoms with Crippen LogP contribution in [-0.2, 0) is 5.88 Å². The van der Waals surface area contributed by atoms with Gasteiger partial charge < -0.3 is 0 Å².